The molecule has 0 saturated heterocycles. The highest BCUT2D eigenvalue weighted by molar-refractivity contribution is 5.98. The van der Waals surface area contributed by atoms with Crippen molar-refractivity contribution in [3.05, 3.63) is 71.5 Å². The highest BCUT2D eigenvalue weighted by Crippen LogP contribution is 2.39. The quantitative estimate of drug-likeness (QED) is 0.528. The predicted octanol–water partition coefficient (Wildman–Crippen LogP) is 5.82. The second-order valence-electron chi connectivity index (χ2n) is 8.18. The third-order valence-electron chi connectivity index (χ3n) is 4.95. The summed E-state index contributed by atoms with van der Waals surface area (Å²) in [5, 5.41) is 0. The highest BCUT2D eigenvalue weighted by atomic mass is 16.5. The minimum absolute atomic E-state index is 0.0185. The number of benzene rings is 2. The van der Waals surface area contributed by atoms with Gasteiger partial charge in [0.05, 0.1) is 14.2 Å². The maximum atomic E-state index is 12.5. The lowest BCUT2D eigenvalue weighted by atomic mass is 9.84. The van der Waals surface area contributed by atoms with Crippen LogP contribution >= 0.6 is 0 Å². The third-order valence-corrected chi connectivity index (χ3v) is 4.95. The fourth-order valence-electron chi connectivity index (χ4n) is 3.40. The zero-order valence-corrected chi connectivity index (χ0v) is 17.9. The molecular formula is C25H27NO3. The van der Waals surface area contributed by atoms with Crippen molar-refractivity contribution in [1.29, 1.82) is 0 Å². The summed E-state index contributed by atoms with van der Waals surface area (Å²) in [5.74, 6) is 0.0508. The molecule has 0 bridgehead atoms. The summed E-state index contributed by atoms with van der Waals surface area (Å²) in [6.45, 7) is 8.67. The summed E-state index contributed by atoms with van der Waals surface area (Å²) < 4.78 is 10.6. The van der Waals surface area contributed by atoms with Gasteiger partial charge in [-0.1, -0.05) is 50.6 Å². The molecule has 0 aliphatic rings. The molecule has 3 aromatic rings. The van der Waals surface area contributed by atoms with E-state index in [1.54, 1.807) is 19.5 Å². The Bertz CT molecular complexity index is 1030. The van der Waals surface area contributed by atoms with Gasteiger partial charge in [0.15, 0.2) is 0 Å². The van der Waals surface area contributed by atoms with Crippen LogP contribution in [0.15, 0.2) is 54.9 Å². The molecule has 0 radical (unpaired) electrons. The van der Waals surface area contributed by atoms with Crippen LogP contribution in [0.2, 0.25) is 0 Å². The smallest absolute Gasteiger partial charge is 0.341 e. The number of aryl methyl sites for hydroxylation is 1. The van der Waals surface area contributed by atoms with Crippen LogP contribution in [-0.4, -0.2) is 25.2 Å². The number of hydrogen-bond acceptors (Lipinski definition) is 4. The van der Waals surface area contributed by atoms with Crippen molar-refractivity contribution in [2.45, 2.75) is 33.1 Å². The summed E-state index contributed by atoms with van der Waals surface area (Å²) in [4.78, 5) is 16.8. The first-order valence-electron chi connectivity index (χ1n) is 9.58. The number of aromatic nitrogens is 1. The van der Waals surface area contributed by atoms with E-state index in [1.165, 1.54) is 18.2 Å². The molecule has 0 fully saturated rings. The molecule has 0 spiro atoms. The average Bonchev–Trinajstić information content (AvgIpc) is 2.71. The minimum Gasteiger partial charge on any atom is -0.495 e. The van der Waals surface area contributed by atoms with Crippen molar-refractivity contribution in [2.24, 2.45) is 0 Å². The molecule has 1 aromatic heterocycles. The van der Waals surface area contributed by atoms with Crippen LogP contribution in [0, 0.1) is 6.92 Å². The Morgan fingerprint density at radius 1 is 0.966 bits per heavy atom. The lowest BCUT2D eigenvalue weighted by molar-refractivity contribution is 0.0597. The van der Waals surface area contributed by atoms with Crippen molar-refractivity contribution in [1.82, 2.24) is 4.98 Å². The fraction of sp³-hybridized carbons (Fsp3) is 0.280. The number of methoxy groups -OCH3 is 2. The maximum absolute atomic E-state index is 12.5. The highest BCUT2D eigenvalue weighted by Gasteiger charge is 2.21. The van der Waals surface area contributed by atoms with Crippen LogP contribution in [0.5, 0.6) is 5.75 Å². The second-order valence-corrected chi connectivity index (χ2v) is 8.18. The Balaban J connectivity index is 2.31. The Labute approximate surface area is 172 Å². The van der Waals surface area contributed by atoms with Crippen LogP contribution in [-0.2, 0) is 10.2 Å². The van der Waals surface area contributed by atoms with Crippen molar-refractivity contribution in [2.75, 3.05) is 14.2 Å². The van der Waals surface area contributed by atoms with Crippen LogP contribution in [0.4, 0.5) is 0 Å². The molecule has 0 atom stereocenters. The largest absolute Gasteiger partial charge is 0.495 e. The predicted molar refractivity (Wildman–Crippen MR) is 116 cm³/mol. The summed E-state index contributed by atoms with van der Waals surface area (Å²) in [7, 11) is 2.94. The Kier molecular flexibility index (Phi) is 5.73. The van der Waals surface area contributed by atoms with Gasteiger partial charge in [-0.15, -0.1) is 0 Å². The molecule has 0 aliphatic carbocycles. The minimum atomic E-state index is -0.433. The normalized spacial score (nSPS) is 11.2. The lowest BCUT2D eigenvalue weighted by Crippen LogP contribution is -2.11. The molecule has 0 N–H and O–H groups in total. The molecule has 0 saturated carbocycles. The van der Waals surface area contributed by atoms with Gasteiger partial charge < -0.3 is 9.47 Å². The van der Waals surface area contributed by atoms with Gasteiger partial charge in [-0.2, -0.15) is 0 Å². The number of rotatable bonds is 4. The van der Waals surface area contributed by atoms with Crippen LogP contribution in [0.3, 0.4) is 0 Å². The van der Waals surface area contributed by atoms with E-state index in [4.69, 9.17) is 9.47 Å². The molecule has 0 amide bonds. The van der Waals surface area contributed by atoms with Gasteiger partial charge in [0.25, 0.3) is 0 Å². The van der Waals surface area contributed by atoms with Gasteiger partial charge in [0, 0.05) is 23.5 Å². The first kappa shape index (κ1) is 20.6. The summed E-state index contributed by atoms with van der Waals surface area (Å²) in [5.41, 5.74) is 6.48. The average molecular weight is 389 g/mol. The summed E-state index contributed by atoms with van der Waals surface area (Å²) >= 11 is 0. The summed E-state index contributed by atoms with van der Waals surface area (Å²) in [6, 6.07) is 14.2. The molecule has 0 unspecified atom stereocenters. The molecule has 4 heteroatoms. The fourth-order valence-corrected chi connectivity index (χ4v) is 3.40. The second kappa shape index (κ2) is 8.08. The zero-order valence-electron chi connectivity index (χ0n) is 17.9. The summed E-state index contributed by atoms with van der Waals surface area (Å²) in [6.07, 6.45) is 3.48. The molecule has 0 aliphatic heterocycles. The molecule has 150 valence electrons. The molecule has 3 rings (SSSR count). The van der Waals surface area contributed by atoms with Crippen molar-refractivity contribution in [3.8, 4) is 28.0 Å². The SMILES string of the molecule is COC(=O)c1cc(-c2cc(C)cc(C(C)(C)C)c2)cc(-c2cccnc2)c1OC. The maximum Gasteiger partial charge on any atom is 0.341 e. The van der Waals surface area contributed by atoms with E-state index in [1.807, 2.05) is 24.3 Å². The van der Waals surface area contributed by atoms with Crippen LogP contribution in [0.25, 0.3) is 22.3 Å². The van der Waals surface area contributed by atoms with E-state index in [-0.39, 0.29) is 5.41 Å². The Hall–Kier alpha value is -3.14. The number of hydrogen-bond donors (Lipinski definition) is 0. The standard InChI is InChI=1S/C25H27NO3/c1-16-10-18(12-20(11-16)25(2,3)4)19-13-21(17-8-7-9-26-15-17)23(28-5)22(14-19)24(27)29-6/h7-15H,1-6H3. The molecule has 29 heavy (non-hydrogen) atoms. The van der Waals surface area contributed by atoms with Crippen LogP contribution < -0.4 is 4.74 Å². The van der Waals surface area contributed by atoms with Gasteiger partial charge in [-0.05, 0) is 47.2 Å². The first-order chi connectivity index (χ1) is 13.7. The van der Waals surface area contributed by atoms with E-state index in [2.05, 4.69) is 50.9 Å². The Morgan fingerprint density at radius 2 is 1.69 bits per heavy atom. The molecule has 1 heterocycles. The monoisotopic (exact) mass is 389 g/mol. The lowest BCUT2D eigenvalue weighted by Gasteiger charge is -2.21. The number of esters is 1. The van der Waals surface area contributed by atoms with Crippen molar-refractivity contribution in [3.63, 3.8) is 0 Å². The molecule has 2 aromatic carbocycles. The van der Waals surface area contributed by atoms with E-state index in [0.29, 0.717) is 11.3 Å². The van der Waals surface area contributed by atoms with Gasteiger partial charge in [0.1, 0.15) is 11.3 Å². The number of nitrogens with zero attached hydrogens (tertiary/aromatic N) is 1. The van der Waals surface area contributed by atoms with Gasteiger partial charge >= 0.3 is 5.97 Å². The third kappa shape index (κ3) is 4.32. The number of ether oxygens (including phenoxy) is 2. The number of pyridine rings is 1. The van der Waals surface area contributed by atoms with Gasteiger partial charge in [-0.3, -0.25) is 4.98 Å². The zero-order chi connectivity index (χ0) is 21.2. The molecule has 4 nitrogen and oxygen atoms in total. The number of carbonyl (C=O) groups is 1. The Morgan fingerprint density at radius 3 is 2.28 bits per heavy atom. The van der Waals surface area contributed by atoms with E-state index >= 15 is 0 Å². The van der Waals surface area contributed by atoms with E-state index < -0.39 is 5.97 Å². The van der Waals surface area contributed by atoms with Crippen molar-refractivity contribution >= 4 is 5.97 Å². The van der Waals surface area contributed by atoms with E-state index in [9.17, 15) is 4.79 Å². The molecular weight excluding hydrogens is 362 g/mol. The topological polar surface area (TPSA) is 48.4 Å². The number of carbonyl (C=O) groups excluding carboxylic acids is 1. The van der Waals surface area contributed by atoms with Crippen molar-refractivity contribution < 1.29 is 14.3 Å². The van der Waals surface area contributed by atoms with Gasteiger partial charge in [0.2, 0.25) is 0 Å². The van der Waals surface area contributed by atoms with E-state index in [0.717, 1.165) is 22.3 Å². The van der Waals surface area contributed by atoms with Gasteiger partial charge in [-0.25, -0.2) is 4.79 Å². The van der Waals surface area contributed by atoms with Crippen LogP contribution in [0.1, 0.15) is 42.3 Å². The first-order valence-corrected chi connectivity index (χ1v) is 9.58.